The molecule has 40 heavy (non-hydrogen) atoms. The van der Waals surface area contributed by atoms with Crippen molar-refractivity contribution in [2.45, 2.75) is 119 Å². The van der Waals surface area contributed by atoms with E-state index in [2.05, 4.69) is 47.5 Å². The maximum atomic E-state index is 14.5. The van der Waals surface area contributed by atoms with Crippen LogP contribution in [0.25, 0.3) is 0 Å². The number of ether oxygens (including phenoxy) is 2. The Bertz CT molecular complexity index is 1190. The van der Waals surface area contributed by atoms with Crippen LogP contribution in [0.4, 0.5) is 0 Å². The molecule has 0 aromatic rings. The molecule has 5 nitrogen and oxygen atoms in total. The van der Waals surface area contributed by atoms with Gasteiger partial charge < -0.3 is 9.47 Å². The van der Waals surface area contributed by atoms with E-state index < -0.39 is 5.41 Å². The molecular formula is C35H50O5. The molecule has 5 rings (SSSR count). The zero-order chi connectivity index (χ0) is 29.5. The molecule has 9 unspecified atom stereocenters. The molecule has 0 aromatic carbocycles. The van der Waals surface area contributed by atoms with E-state index in [0.29, 0.717) is 12.3 Å². The fourth-order valence-electron chi connectivity index (χ4n) is 11.0. The topological polar surface area (TPSA) is 69.7 Å². The van der Waals surface area contributed by atoms with Gasteiger partial charge in [0.1, 0.15) is 6.10 Å². The predicted molar refractivity (Wildman–Crippen MR) is 155 cm³/mol. The van der Waals surface area contributed by atoms with E-state index in [0.717, 1.165) is 51.4 Å². The summed E-state index contributed by atoms with van der Waals surface area (Å²) in [5, 5.41) is 0. The van der Waals surface area contributed by atoms with Gasteiger partial charge in [0.05, 0.1) is 5.41 Å². The van der Waals surface area contributed by atoms with Gasteiger partial charge in [0.25, 0.3) is 0 Å². The fraction of sp³-hybridized carbons (Fsp3) is 0.800. The van der Waals surface area contributed by atoms with Crippen molar-refractivity contribution in [1.29, 1.82) is 0 Å². The van der Waals surface area contributed by atoms with Gasteiger partial charge in [-0.25, -0.2) is 0 Å². The van der Waals surface area contributed by atoms with Crippen LogP contribution in [0.1, 0.15) is 113 Å². The first kappa shape index (κ1) is 29.4. The highest BCUT2D eigenvalue weighted by atomic mass is 16.5. The zero-order valence-electron chi connectivity index (χ0n) is 26.1. The van der Waals surface area contributed by atoms with E-state index >= 15 is 0 Å². The Morgan fingerprint density at radius 2 is 1.65 bits per heavy atom. The minimum atomic E-state index is -0.594. The number of esters is 2. The molecular weight excluding hydrogens is 500 g/mol. The number of terminal acetylenes is 1. The molecule has 4 fully saturated rings. The van der Waals surface area contributed by atoms with Gasteiger partial charge in [-0.2, -0.15) is 0 Å². The first-order chi connectivity index (χ1) is 18.5. The Hall–Kier alpha value is -2.09. The van der Waals surface area contributed by atoms with Crippen LogP contribution in [-0.2, 0) is 23.9 Å². The third-order valence-electron chi connectivity index (χ3n) is 13.6. The molecule has 9 atom stereocenters. The molecule has 220 valence electrons. The van der Waals surface area contributed by atoms with Crippen LogP contribution < -0.4 is 0 Å². The van der Waals surface area contributed by atoms with E-state index in [9.17, 15) is 14.4 Å². The Kier molecular flexibility index (Phi) is 6.77. The van der Waals surface area contributed by atoms with E-state index in [-0.39, 0.29) is 69.3 Å². The lowest BCUT2D eigenvalue weighted by Crippen LogP contribution is -2.66. The third kappa shape index (κ3) is 3.90. The zero-order valence-corrected chi connectivity index (χ0v) is 26.1. The second kappa shape index (κ2) is 9.20. The van der Waals surface area contributed by atoms with Gasteiger partial charge in [0.2, 0.25) is 0 Å². The number of ketones is 1. The number of rotatable bonds is 3. The Balaban J connectivity index is 1.54. The summed E-state index contributed by atoms with van der Waals surface area (Å²) in [7, 11) is 0. The van der Waals surface area contributed by atoms with Crippen LogP contribution >= 0.6 is 0 Å². The third-order valence-corrected chi connectivity index (χ3v) is 13.6. The summed E-state index contributed by atoms with van der Waals surface area (Å²) in [6.45, 7) is 17.6. The molecule has 0 spiro atoms. The van der Waals surface area contributed by atoms with E-state index in [1.165, 1.54) is 12.5 Å². The number of fused-ring (bicyclic) bond motifs is 7. The Morgan fingerprint density at radius 1 is 0.975 bits per heavy atom. The SMILES string of the molecule is C#CCOC(=O)C1(C)CCC2(C)CCC3(C)C(=CC(=O)C4C5(C)CCC(OC(C)=O)C(C)(C)C5CCC43C)C2C1. The summed E-state index contributed by atoms with van der Waals surface area (Å²) in [6, 6.07) is 0. The van der Waals surface area contributed by atoms with Crippen molar-refractivity contribution in [3.63, 3.8) is 0 Å². The normalized spacial score (nSPS) is 47.3. The minimum Gasteiger partial charge on any atom is -0.462 e. The lowest BCUT2D eigenvalue weighted by atomic mass is 9.33. The second-order valence-corrected chi connectivity index (χ2v) is 16.0. The first-order valence-corrected chi connectivity index (χ1v) is 15.5. The van der Waals surface area contributed by atoms with Crippen LogP contribution in [0.15, 0.2) is 11.6 Å². The highest BCUT2D eigenvalue weighted by molar-refractivity contribution is 5.95. The molecule has 0 heterocycles. The van der Waals surface area contributed by atoms with Crippen molar-refractivity contribution in [2.75, 3.05) is 6.61 Å². The van der Waals surface area contributed by atoms with Crippen molar-refractivity contribution < 1.29 is 23.9 Å². The summed E-state index contributed by atoms with van der Waals surface area (Å²) in [6.07, 6.45) is 15.7. The van der Waals surface area contributed by atoms with E-state index in [1.807, 2.05) is 13.0 Å². The van der Waals surface area contributed by atoms with Gasteiger partial charge in [-0.3, -0.25) is 14.4 Å². The fourth-order valence-corrected chi connectivity index (χ4v) is 11.0. The van der Waals surface area contributed by atoms with Crippen molar-refractivity contribution >= 4 is 17.7 Å². The number of allylic oxidation sites excluding steroid dienone is 2. The highest BCUT2D eigenvalue weighted by Gasteiger charge is 2.70. The number of carbonyl (C=O) groups excluding carboxylic acids is 3. The summed E-state index contributed by atoms with van der Waals surface area (Å²) >= 11 is 0. The Labute approximate surface area is 241 Å². The van der Waals surface area contributed by atoms with Crippen LogP contribution in [0.2, 0.25) is 0 Å². The van der Waals surface area contributed by atoms with Gasteiger partial charge in [0, 0.05) is 18.3 Å². The minimum absolute atomic E-state index is 0.00339. The quantitative estimate of drug-likeness (QED) is 0.278. The van der Waals surface area contributed by atoms with Crippen molar-refractivity contribution in [1.82, 2.24) is 0 Å². The van der Waals surface area contributed by atoms with Crippen LogP contribution in [0.5, 0.6) is 0 Å². The standard InChI is InChI=1S/C35H50O5/c1-10-19-39-29(38)32(6)16-15-31(5)17-18-34(8)23(24(31)21-32)20-25(37)28-33(7)13-12-27(40-22(2)36)30(3,4)26(33)11-14-35(28,34)9/h1,20,24,26-28H,11-19,21H2,2-9H3. The molecule has 5 aliphatic rings. The van der Waals surface area contributed by atoms with Gasteiger partial charge in [-0.05, 0) is 104 Å². The molecule has 0 radical (unpaired) electrons. The predicted octanol–water partition coefficient (Wildman–Crippen LogP) is 7.08. The highest BCUT2D eigenvalue weighted by Crippen LogP contribution is 2.75. The van der Waals surface area contributed by atoms with Gasteiger partial charge in [-0.1, -0.05) is 53.0 Å². The van der Waals surface area contributed by atoms with Crippen molar-refractivity contribution in [3.05, 3.63) is 11.6 Å². The van der Waals surface area contributed by atoms with Crippen LogP contribution in [0, 0.1) is 62.6 Å². The van der Waals surface area contributed by atoms with Crippen molar-refractivity contribution in [3.8, 4) is 12.3 Å². The monoisotopic (exact) mass is 550 g/mol. The molecule has 0 amide bonds. The maximum Gasteiger partial charge on any atom is 0.312 e. The van der Waals surface area contributed by atoms with E-state index in [4.69, 9.17) is 15.9 Å². The second-order valence-electron chi connectivity index (χ2n) is 16.0. The molecule has 5 aliphatic carbocycles. The molecule has 4 saturated carbocycles. The molecule has 0 aliphatic heterocycles. The van der Waals surface area contributed by atoms with Gasteiger partial charge >= 0.3 is 11.9 Å². The smallest absolute Gasteiger partial charge is 0.312 e. The molecule has 5 heteroatoms. The van der Waals surface area contributed by atoms with Gasteiger partial charge in [-0.15, -0.1) is 6.42 Å². The summed E-state index contributed by atoms with van der Waals surface area (Å²) in [5.74, 6) is 2.70. The lowest BCUT2D eigenvalue weighted by molar-refractivity contribution is -0.210. The molecule has 0 saturated heterocycles. The number of hydrogen-bond acceptors (Lipinski definition) is 5. The molecule has 0 bridgehead atoms. The Morgan fingerprint density at radius 3 is 2.30 bits per heavy atom. The average Bonchev–Trinajstić information content (AvgIpc) is 2.86. The number of hydrogen-bond donors (Lipinski definition) is 0. The number of carbonyl (C=O) groups is 3. The van der Waals surface area contributed by atoms with Crippen molar-refractivity contribution in [2.24, 2.45) is 50.2 Å². The molecule has 0 N–H and O–H groups in total. The summed E-state index contributed by atoms with van der Waals surface area (Å²) in [5.41, 5.74) is 0.145. The maximum absolute atomic E-state index is 14.5. The summed E-state index contributed by atoms with van der Waals surface area (Å²) < 4.78 is 11.3. The van der Waals surface area contributed by atoms with Crippen LogP contribution in [-0.4, -0.2) is 30.4 Å². The van der Waals surface area contributed by atoms with Gasteiger partial charge in [0.15, 0.2) is 12.4 Å². The average molecular weight is 551 g/mol. The molecule has 0 aromatic heterocycles. The van der Waals surface area contributed by atoms with Crippen LogP contribution in [0.3, 0.4) is 0 Å². The summed E-state index contributed by atoms with van der Waals surface area (Å²) in [4.78, 5) is 39.6. The van der Waals surface area contributed by atoms with E-state index in [1.54, 1.807) is 0 Å². The lowest BCUT2D eigenvalue weighted by Gasteiger charge is -2.70. The largest absolute Gasteiger partial charge is 0.462 e. The first-order valence-electron chi connectivity index (χ1n) is 15.5.